The summed E-state index contributed by atoms with van der Waals surface area (Å²) in [4.78, 5) is 34.3. The molecule has 8 heteroatoms. The van der Waals surface area contributed by atoms with Crippen molar-refractivity contribution in [1.29, 1.82) is 0 Å². The summed E-state index contributed by atoms with van der Waals surface area (Å²) in [6.07, 6.45) is 0.908. The summed E-state index contributed by atoms with van der Waals surface area (Å²) in [6, 6.07) is 20.6. The number of amides is 1. The van der Waals surface area contributed by atoms with Crippen LogP contribution in [0.5, 0.6) is 5.75 Å². The highest BCUT2D eigenvalue weighted by molar-refractivity contribution is 5.92. The fourth-order valence-corrected chi connectivity index (χ4v) is 4.06. The zero-order valence-corrected chi connectivity index (χ0v) is 22.3. The van der Waals surface area contributed by atoms with E-state index in [1.54, 1.807) is 13.0 Å². The summed E-state index contributed by atoms with van der Waals surface area (Å²) in [5.74, 6) is 1.37. The van der Waals surface area contributed by atoms with Crippen LogP contribution < -0.4 is 10.1 Å². The van der Waals surface area contributed by atoms with E-state index in [-0.39, 0.29) is 18.4 Å². The highest BCUT2D eigenvalue weighted by Gasteiger charge is 2.24. The zero-order chi connectivity index (χ0) is 27.1. The van der Waals surface area contributed by atoms with Crippen molar-refractivity contribution in [2.45, 2.75) is 53.2 Å². The van der Waals surface area contributed by atoms with E-state index in [1.165, 1.54) is 0 Å². The number of imidazole rings is 1. The van der Waals surface area contributed by atoms with E-state index >= 15 is 0 Å². The Morgan fingerprint density at radius 2 is 1.68 bits per heavy atom. The van der Waals surface area contributed by atoms with Crippen LogP contribution in [-0.2, 0) is 27.3 Å². The van der Waals surface area contributed by atoms with E-state index < -0.39 is 12.1 Å². The second kappa shape index (κ2) is 12.4. The summed E-state index contributed by atoms with van der Waals surface area (Å²) in [5.41, 5.74) is 3.27. The number of nitrogens with zero attached hydrogens (tertiary/aromatic N) is 3. The lowest BCUT2D eigenvalue weighted by atomic mass is 10.1. The molecule has 0 bridgehead atoms. The van der Waals surface area contributed by atoms with Gasteiger partial charge in [-0.1, -0.05) is 63.2 Å². The van der Waals surface area contributed by atoms with E-state index in [4.69, 9.17) is 19.4 Å². The number of anilines is 1. The van der Waals surface area contributed by atoms with Crippen molar-refractivity contribution in [3.05, 3.63) is 83.7 Å². The van der Waals surface area contributed by atoms with Crippen molar-refractivity contribution in [1.82, 2.24) is 14.5 Å². The van der Waals surface area contributed by atoms with Crippen molar-refractivity contribution < 1.29 is 19.1 Å². The van der Waals surface area contributed by atoms with Crippen LogP contribution in [0.25, 0.3) is 11.2 Å². The lowest BCUT2D eigenvalue weighted by Gasteiger charge is -2.18. The summed E-state index contributed by atoms with van der Waals surface area (Å²) >= 11 is 0. The Kier molecular flexibility index (Phi) is 8.73. The first-order valence-corrected chi connectivity index (χ1v) is 13.0. The van der Waals surface area contributed by atoms with Gasteiger partial charge in [0.15, 0.2) is 5.65 Å². The predicted molar refractivity (Wildman–Crippen MR) is 147 cm³/mol. The molecule has 1 amide bonds. The third-order valence-electron chi connectivity index (χ3n) is 6.04. The maximum atomic E-state index is 12.6. The molecular weight excluding hydrogens is 480 g/mol. The van der Waals surface area contributed by atoms with Gasteiger partial charge < -0.3 is 19.4 Å². The second-order valence-electron chi connectivity index (χ2n) is 9.35. The van der Waals surface area contributed by atoms with Gasteiger partial charge in [-0.2, -0.15) is 0 Å². The van der Waals surface area contributed by atoms with Gasteiger partial charge in [0, 0.05) is 17.9 Å². The Hall–Kier alpha value is -4.20. The van der Waals surface area contributed by atoms with Gasteiger partial charge in [-0.25, -0.2) is 14.8 Å². The number of ether oxygens (including phenoxy) is 2. The van der Waals surface area contributed by atoms with Gasteiger partial charge in [-0.05, 0) is 43.2 Å². The van der Waals surface area contributed by atoms with E-state index in [0.29, 0.717) is 18.1 Å². The first-order valence-electron chi connectivity index (χ1n) is 13.0. The van der Waals surface area contributed by atoms with E-state index in [9.17, 15) is 9.59 Å². The number of aromatic nitrogens is 3. The molecule has 4 rings (SSSR count). The molecule has 1 N–H and O–H groups in total. The van der Waals surface area contributed by atoms with Crippen molar-refractivity contribution in [3.63, 3.8) is 0 Å². The number of hydrogen-bond donors (Lipinski definition) is 1. The Balaban J connectivity index is 1.58. The second-order valence-corrected chi connectivity index (χ2v) is 9.35. The first kappa shape index (κ1) is 26.9. The molecule has 8 nitrogen and oxygen atoms in total. The molecule has 2 aromatic carbocycles. The van der Waals surface area contributed by atoms with Crippen molar-refractivity contribution in [2.24, 2.45) is 5.92 Å². The minimum Gasteiger partial charge on any atom is -0.474 e. The maximum Gasteiger partial charge on any atom is 0.352 e. The molecule has 1 unspecified atom stereocenters. The standard InChI is InChI=1S/C30H34N4O4/c1-5-10-26-31-24-17-18-25(33-29(35)20(3)4)32-28(24)34(26)19-21-13-15-23(16-14-21)38-27(30(36)37-6-2)22-11-8-7-9-12-22/h7-9,11-18,20,27H,5-6,10,19H2,1-4H3,(H,32,33,35). The van der Waals surface area contributed by atoms with Gasteiger partial charge in [0.05, 0.1) is 13.2 Å². The molecule has 2 aromatic heterocycles. The Labute approximate surface area is 223 Å². The van der Waals surface area contributed by atoms with Crippen molar-refractivity contribution in [2.75, 3.05) is 11.9 Å². The van der Waals surface area contributed by atoms with Crippen LogP contribution in [0.4, 0.5) is 5.82 Å². The maximum absolute atomic E-state index is 12.6. The quantitative estimate of drug-likeness (QED) is 0.258. The molecule has 0 radical (unpaired) electrons. The zero-order valence-electron chi connectivity index (χ0n) is 22.3. The van der Waals surface area contributed by atoms with Crippen LogP contribution in [0.3, 0.4) is 0 Å². The van der Waals surface area contributed by atoms with E-state index in [0.717, 1.165) is 41.0 Å². The number of esters is 1. The lowest BCUT2D eigenvalue weighted by molar-refractivity contribution is -0.151. The van der Waals surface area contributed by atoms with Crippen LogP contribution in [0, 0.1) is 5.92 Å². The highest BCUT2D eigenvalue weighted by Crippen LogP contribution is 2.25. The third kappa shape index (κ3) is 6.37. The van der Waals surface area contributed by atoms with Gasteiger partial charge >= 0.3 is 5.97 Å². The monoisotopic (exact) mass is 514 g/mol. The smallest absolute Gasteiger partial charge is 0.352 e. The minimum absolute atomic E-state index is 0.0797. The Morgan fingerprint density at radius 3 is 2.34 bits per heavy atom. The summed E-state index contributed by atoms with van der Waals surface area (Å²) in [5, 5.41) is 2.88. The molecule has 0 saturated heterocycles. The average molecular weight is 515 g/mol. The molecule has 0 spiro atoms. The molecular formula is C30H34N4O4. The van der Waals surface area contributed by atoms with Crippen molar-refractivity contribution >= 4 is 28.9 Å². The van der Waals surface area contributed by atoms with Crippen molar-refractivity contribution in [3.8, 4) is 5.75 Å². The van der Waals surface area contributed by atoms with Gasteiger partial charge in [0.25, 0.3) is 0 Å². The lowest BCUT2D eigenvalue weighted by Crippen LogP contribution is -2.21. The molecule has 198 valence electrons. The predicted octanol–water partition coefficient (Wildman–Crippen LogP) is 5.71. The minimum atomic E-state index is -0.848. The molecule has 0 saturated carbocycles. The van der Waals surface area contributed by atoms with E-state index in [1.807, 2.05) is 74.5 Å². The van der Waals surface area contributed by atoms with Gasteiger partial charge in [0.1, 0.15) is 22.9 Å². The van der Waals surface area contributed by atoms with Gasteiger partial charge in [-0.3, -0.25) is 4.79 Å². The third-order valence-corrected chi connectivity index (χ3v) is 6.04. The molecule has 1 atom stereocenters. The molecule has 0 aliphatic heterocycles. The number of aryl methyl sites for hydroxylation is 1. The van der Waals surface area contributed by atoms with E-state index in [2.05, 4.69) is 16.8 Å². The number of pyridine rings is 1. The molecule has 0 aliphatic rings. The summed E-state index contributed by atoms with van der Waals surface area (Å²) in [7, 11) is 0. The fourth-order valence-electron chi connectivity index (χ4n) is 4.06. The molecule has 38 heavy (non-hydrogen) atoms. The normalized spacial score (nSPS) is 11.9. The number of carbonyl (C=O) groups excluding carboxylic acids is 2. The summed E-state index contributed by atoms with van der Waals surface area (Å²) in [6.45, 7) is 8.42. The first-order chi connectivity index (χ1) is 18.4. The number of rotatable bonds is 11. The molecule has 2 heterocycles. The number of benzene rings is 2. The Bertz CT molecular complexity index is 1380. The van der Waals surface area contributed by atoms with Crippen LogP contribution in [0.15, 0.2) is 66.7 Å². The number of nitrogens with one attached hydrogen (secondary N) is 1. The molecule has 4 aromatic rings. The SMILES string of the molecule is CCCc1nc2ccc(NC(=O)C(C)C)nc2n1Cc1ccc(OC(C(=O)OCC)c2ccccc2)cc1. The van der Waals surface area contributed by atoms with Gasteiger partial charge in [-0.15, -0.1) is 0 Å². The summed E-state index contributed by atoms with van der Waals surface area (Å²) < 4.78 is 13.4. The largest absolute Gasteiger partial charge is 0.474 e. The highest BCUT2D eigenvalue weighted by atomic mass is 16.6. The van der Waals surface area contributed by atoms with Crippen LogP contribution >= 0.6 is 0 Å². The number of fused-ring (bicyclic) bond motifs is 1. The topological polar surface area (TPSA) is 95.3 Å². The average Bonchev–Trinajstić information content (AvgIpc) is 3.25. The van der Waals surface area contributed by atoms with Gasteiger partial charge in [0.2, 0.25) is 12.0 Å². The number of hydrogen-bond acceptors (Lipinski definition) is 6. The molecule has 0 fully saturated rings. The van der Waals surface area contributed by atoms with Crippen LogP contribution in [-0.4, -0.2) is 33.0 Å². The van der Waals surface area contributed by atoms with Crippen LogP contribution in [0.2, 0.25) is 0 Å². The fraction of sp³-hybridized carbons (Fsp3) is 0.333. The number of carbonyl (C=O) groups is 2. The molecule has 0 aliphatic carbocycles. The van der Waals surface area contributed by atoms with Crippen LogP contribution in [0.1, 0.15) is 57.2 Å². The Morgan fingerprint density at radius 1 is 0.947 bits per heavy atom.